The molecule has 3 nitrogen and oxygen atoms in total. The second-order valence-corrected chi connectivity index (χ2v) is 6.93. The summed E-state index contributed by atoms with van der Waals surface area (Å²) in [6, 6.07) is 0.886. The standard InChI is InChI=1S/C14H28N2O/c1-14(2,3)7-6-12(15)13-9-16-8-4-5-11(16)10-17-13/h11-13H,4-10,15H2,1-3H3. The van der Waals surface area contributed by atoms with Gasteiger partial charge in [-0.05, 0) is 37.6 Å². The van der Waals surface area contributed by atoms with E-state index in [0.717, 1.165) is 19.6 Å². The van der Waals surface area contributed by atoms with E-state index in [0.29, 0.717) is 11.5 Å². The maximum Gasteiger partial charge on any atom is 0.0853 e. The van der Waals surface area contributed by atoms with Crippen molar-refractivity contribution in [2.75, 3.05) is 19.7 Å². The third-order valence-corrected chi connectivity index (χ3v) is 4.12. The first-order valence-corrected chi connectivity index (χ1v) is 7.07. The Bertz CT molecular complexity index is 249. The highest BCUT2D eigenvalue weighted by Gasteiger charge is 2.34. The van der Waals surface area contributed by atoms with Crippen LogP contribution in [0.5, 0.6) is 0 Å². The number of rotatable bonds is 3. The molecule has 3 heteroatoms. The van der Waals surface area contributed by atoms with Gasteiger partial charge in [0.2, 0.25) is 0 Å². The largest absolute Gasteiger partial charge is 0.374 e. The first kappa shape index (κ1) is 13.3. The molecule has 3 unspecified atom stereocenters. The average Bonchev–Trinajstić information content (AvgIpc) is 2.71. The second kappa shape index (κ2) is 5.25. The molecule has 0 aromatic heterocycles. The van der Waals surface area contributed by atoms with Crippen LogP contribution in [0, 0.1) is 5.41 Å². The van der Waals surface area contributed by atoms with Gasteiger partial charge in [0.1, 0.15) is 0 Å². The molecule has 0 spiro atoms. The van der Waals surface area contributed by atoms with Crippen molar-refractivity contribution in [1.82, 2.24) is 4.90 Å². The molecule has 0 bridgehead atoms. The van der Waals surface area contributed by atoms with E-state index in [9.17, 15) is 0 Å². The van der Waals surface area contributed by atoms with Crippen molar-refractivity contribution in [2.24, 2.45) is 11.1 Å². The third-order valence-electron chi connectivity index (χ3n) is 4.12. The Morgan fingerprint density at radius 3 is 2.88 bits per heavy atom. The number of hydrogen-bond donors (Lipinski definition) is 1. The summed E-state index contributed by atoms with van der Waals surface area (Å²) in [6.45, 7) is 10.0. The summed E-state index contributed by atoms with van der Waals surface area (Å²) in [6.07, 6.45) is 5.15. The first-order valence-electron chi connectivity index (χ1n) is 7.07. The zero-order valence-corrected chi connectivity index (χ0v) is 11.6. The lowest BCUT2D eigenvalue weighted by Crippen LogP contribution is -2.52. The minimum atomic E-state index is 0.204. The van der Waals surface area contributed by atoms with E-state index in [1.54, 1.807) is 0 Å². The van der Waals surface area contributed by atoms with Crippen LogP contribution in [0.2, 0.25) is 0 Å². The fraction of sp³-hybridized carbons (Fsp3) is 1.00. The highest BCUT2D eigenvalue weighted by atomic mass is 16.5. The van der Waals surface area contributed by atoms with Gasteiger partial charge < -0.3 is 10.5 Å². The molecular formula is C14H28N2O. The van der Waals surface area contributed by atoms with E-state index in [1.165, 1.54) is 25.8 Å². The minimum absolute atomic E-state index is 0.204. The molecular weight excluding hydrogens is 212 g/mol. The van der Waals surface area contributed by atoms with Gasteiger partial charge in [0.05, 0.1) is 12.7 Å². The van der Waals surface area contributed by atoms with Crippen molar-refractivity contribution in [1.29, 1.82) is 0 Å². The Morgan fingerprint density at radius 2 is 2.18 bits per heavy atom. The van der Waals surface area contributed by atoms with E-state index < -0.39 is 0 Å². The van der Waals surface area contributed by atoms with Crippen LogP contribution in [0.25, 0.3) is 0 Å². The molecule has 2 fully saturated rings. The Hall–Kier alpha value is -0.120. The van der Waals surface area contributed by atoms with Crippen LogP contribution in [0.1, 0.15) is 46.5 Å². The lowest BCUT2D eigenvalue weighted by Gasteiger charge is -2.38. The van der Waals surface area contributed by atoms with Gasteiger partial charge in [-0.2, -0.15) is 0 Å². The number of nitrogens with zero attached hydrogens (tertiary/aromatic N) is 1. The van der Waals surface area contributed by atoms with E-state index >= 15 is 0 Å². The first-order chi connectivity index (χ1) is 7.96. The third kappa shape index (κ3) is 3.67. The van der Waals surface area contributed by atoms with Crippen LogP contribution < -0.4 is 5.73 Å². The van der Waals surface area contributed by atoms with Crippen LogP contribution >= 0.6 is 0 Å². The fourth-order valence-electron chi connectivity index (χ4n) is 2.89. The van der Waals surface area contributed by atoms with Gasteiger partial charge in [-0.1, -0.05) is 20.8 Å². The SMILES string of the molecule is CC(C)(C)CCC(N)C1CN2CCCC2CO1. The molecule has 2 N–H and O–H groups in total. The molecule has 0 radical (unpaired) electrons. The van der Waals surface area contributed by atoms with Gasteiger partial charge in [0.25, 0.3) is 0 Å². The zero-order valence-electron chi connectivity index (χ0n) is 11.6. The molecule has 0 saturated carbocycles. The van der Waals surface area contributed by atoms with Crippen LogP contribution in [0.3, 0.4) is 0 Å². The molecule has 2 rings (SSSR count). The lowest BCUT2D eigenvalue weighted by atomic mass is 9.87. The zero-order chi connectivity index (χ0) is 12.5. The van der Waals surface area contributed by atoms with Gasteiger partial charge in [-0.3, -0.25) is 4.90 Å². The Kier molecular flexibility index (Phi) is 4.11. The normalized spacial score (nSPS) is 32.5. The molecule has 0 aliphatic carbocycles. The molecule has 0 aromatic rings. The molecule has 2 aliphatic rings. The molecule has 3 atom stereocenters. The summed E-state index contributed by atoms with van der Waals surface area (Å²) < 4.78 is 5.95. The summed E-state index contributed by atoms with van der Waals surface area (Å²) >= 11 is 0. The summed E-state index contributed by atoms with van der Waals surface area (Å²) in [4.78, 5) is 2.57. The van der Waals surface area contributed by atoms with Gasteiger partial charge in [0, 0.05) is 18.6 Å². The van der Waals surface area contributed by atoms with Crippen LogP contribution in [-0.4, -0.2) is 42.8 Å². The van der Waals surface area contributed by atoms with Gasteiger partial charge >= 0.3 is 0 Å². The van der Waals surface area contributed by atoms with Crippen molar-refractivity contribution in [3.05, 3.63) is 0 Å². The Morgan fingerprint density at radius 1 is 1.41 bits per heavy atom. The van der Waals surface area contributed by atoms with Gasteiger partial charge in [-0.15, -0.1) is 0 Å². The van der Waals surface area contributed by atoms with Crippen molar-refractivity contribution < 1.29 is 4.74 Å². The lowest BCUT2D eigenvalue weighted by molar-refractivity contribution is -0.0610. The van der Waals surface area contributed by atoms with Crippen LogP contribution in [-0.2, 0) is 4.74 Å². The van der Waals surface area contributed by atoms with E-state index in [1.807, 2.05) is 0 Å². The summed E-state index contributed by atoms with van der Waals surface area (Å²) in [7, 11) is 0. The van der Waals surface area contributed by atoms with Crippen LogP contribution in [0.15, 0.2) is 0 Å². The fourth-order valence-corrected chi connectivity index (χ4v) is 2.89. The summed E-state index contributed by atoms with van der Waals surface area (Å²) in [5.74, 6) is 0. The maximum absolute atomic E-state index is 6.29. The minimum Gasteiger partial charge on any atom is -0.374 e. The molecule has 17 heavy (non-hydrogen) atoms. The van der Waals surface area contributed by atoms with Crippen molar-refractivity contribution >= 4 is 0 Å². The molecule has 2 heterocycles. The highest BCUT2D eigenvalue weighted by molar-refractivity contribution is 4.89. The molecule has 100 valence electrons. The van der Waals surface area contributed by atoms with Crippen molar-refractivity contribution in [2.45, 2.75) is 64.6 Å². The quantitative estimate of drug-likeness (QED) is 0.820. The van der Waals surface area contributed by atoms with Crippen molar-refractivity contribution in [3.8, 4) is 0 Å². The summed E-state index contributed by atoms with van der Waals surface area (Å²) in [5, 5.41) is 0. The van der Waals surface area contributed by atoms with E-state index in [4.69, 9.17) is 10.5 Å². The maximum atomic E-state index is 6.29. The highest BCUT2D eigenvalue weighted by Crippen LogP contribution is 2.26. The molecule has 2 aliphatic heterocycles. The number of fused-ring (bicyclic) bond motifs is 1. The van der Waals surface area contributed by atoms with Gasteiger partial charge in [-0.25, -0.2) is 0 Å². The van der Waals surface area contributed by atoms with Crippen LogP contribution in [0.4, 0.5) is 0 Å². The predicted octanol–water partition coefficient (Wildman–Crippen LogP) is 2.00. The number of ether oxygens (including phenoxy) is 1. The smallest absolute Gasteiger partial charge is 0.0853 e. The van der Waals surface area contributed by atoms with E-state index in [-0.39, 0.29) is 12.1 Å². The number of hydrogen-bond acceptors (Lipinski definition) is 3. The molecule has 2 saturated heterocycles. The Labute approximate surface area is 106 Å². The number of nitrogens with two attached hydrogens (primary N) is 1. The molecule has 0 amide bonds. The Balaban J connectivity index is 1.78. The summed E-state index contributed by atoms with van der Waals surface area (Å²) in [5.41, 5.74) is 6.66. The second-order valence-electron chi connectivity index (χ2n) is 6.93. The molecule has 0 aromatic carbocycles. The van der Waals surface area contributed by atoms with Gasteiger partial charge in [0.15, 0.2) is 0 Å². The average molecular weight is 240 g/mol. The number of morpholine rings is 1. The topological polar surface area (TPSA) is 38.5 Å². The predicted molar refractivity (Wildman–Crippen MR) is 71.0 cm³/mol. The van der Waals surface area contributed by atoms with Crippen molar-refractivity contribution in [3.63, 3.8) is 0 Å². The van der Waals surface area contributed by atoms with E-state index in [2.05, 4.69) is 25.7 Å². The monoisotopic (exact) mass is 240 g/mol.